The zero-order chi connectivity index (χ0) is 19.6. The molecule has 1 amide bonds. The summed E-state index contributed by atoms with van der Waals surface area (Å²) in [5.74, 6) is -0.583. The lowest BCUT2D eigenvalue weighted by atomic mass is 9.79. The molecule has 0 aliphatic carbocycles. The first kappa shape index (κ1) is 22.4. The zero-order valence-corrected chi connectivity index (χ0v) is 19.2. The normalized spacial score (nSPS) is 24.2. The molecule has 1 fully saturated rings. The molecule has 1 N–H and O–H groups in total. The predicted molar refractivity (Wildman–Crippen MR) is 106 cm³/mol. The average molecular weight is 434 g/mol. The van der Waals surface area contributed by atoms with Crippen LogP contribution in [0.4, 0.5) is 0 Å². The molecular weight excluding hydrogens is 402 g/mol. The van der Waals surface area contributed by atoms with Crippen LogP contribution in [0.25, 0.3) is 0 Å². The van der Waals surface area contributed by atoms with Crippen LogP contribution in [0.15, 0.2) is 10.6 Å². The molecule has 5 nitrogen and oxygen atoms in total. The van der Waals surface area contributed by atoms with Gasteiger partial charge in [-0.3, -0.25) is 4.79 Å². The number of carbonyl (C=O) groups is 2. The van der Waals surface area contributed by atoms with Crippen molar-refractivity contribution < 1.29 is 18.8 Å². The van der Waals surface area contributed by atoms with Gasteiger partial charge in [0.05, 0.1) is 23.1 Å². The fraction of sp³-hybridized carbons (Fsp3) is 0.778. The van der Waals surface area contributed by atoms with Crippen molar-refractivity contribution in [1.82, 2.24) is 5.32 Å². The minimum atomic E-state index is -1.95. The van der Waals surface area contributed by atoms with Gasteiger partial charge in [-0.05, 0) is 53.8 Å². The van der Waals surface area contributed by atoms with E-state index in [1.807, 2.05) is 13.8 Å². The van der Waals surface area contributed by atoms with Crippen LogP contribution in [-0.4, -0.2) is 38.9 Å². The maximum Gasteiger partial charge on any atom is 0.344 e. The van der Waals surface area contributed by atoms with Gasteiger partial charge in [0.1, 0.15) is 0 Å². The fourth-order valence-corrected chi connectivity index (χ4v) is 4.66. The highest BCUT2D eigenvalue weighted by molar-refractivity contribution is 9.12. The topological polar surface area (TPSA) is 64.6 Å². The Morgan fingerprint density at radius 1 is 1.36 bits per heavy atom. The van der Waals surface area contributed by atoms with Crippen molar-refractivity contribution in [2.75, 3.05) is 6.61 Å². The standard InChI is InChI=1S/C18H32BrNO4Si/c1-9-23-17(22)13(19)10-11(2)15-14(16(21)20-15)12(3)24-25(7,8)18(4,5)6/h10-12,14-15H,9H2,1-8H3,(H,20,21)/b13-10-/t11-,12+,14+,15+/m0/s1. The maximum atomic E-state index is 12.1. The van der Waals surface area contributed by atoms with E-state index in [0.29, 0.717) is 11.1 Å². The van der Waals surface area contributed by atoms with Crippen LogP contribution in [0, 0.1) is 11.8 Å². The lowest BCUT2D eigenvalue weighted by molar-refractivity contribution is -0.141. The molecular formula is C18H32BrNO4Si. The summed E-state index contributed by atoms with van der Waals surface area (Å²) in [5, 5.41) is 3.05. The zero-order valence-electron chi connectivity index (χ0n) is 16.6. The van der Waals surface area contributed by atoms with E-state index >= 15 is 0 Å². The predicted octanol–water partition coefficient (Wildman–Crippen LogP) is 3.99. The number of hydrogen-bond acceptors (Lipinski definition) is 4. The van der Waals surface area contributed by atoms with Crippen molar-refractivity contribution in [3.63, 3.8) is 0 Å². The number of rotatable bonds is 7. The molecule has 0 saturated carbocycles. The number of β-lactam (4-membered cyclic amide) rings is 1. The van der Waals surface area contributed by atoms with Crippen LogP contribution in [0.1, 0.15) is 41.5 Å². The van der Waals surface area contributed by atoms with Gasteiger partial charge >= 0.3 is 5.97 Å². The van der Waals surface area contributed by atoms with Crippen LogP contribution in [0.2, 0.25) is 18.1 Å². The van der Waals surface area contributed by atoms with E-state index in [1.54, 1.807) is 13.0 Å². The van der Waals surface area contributed by atoms with Crippen molar-refractivity contribution in [2.24, 2.45) is 11.8 Å². The third-order valence-corrected chi connectivity index (χ3v) is 10.4. The Labute approximate surface area is 161 Å². The molecule has 1 rings (SSSR count). The third kappa shape index (κ3) is 5.40. The van der Waals surface area contributed by atoms with Gasteiger partial charge in [-0.15, -0.1) is 0 Å². The summed E-state index contributed by atoms with van der Waals surface area (Å²) < 4.78 is 11.8. The fourth-order valence-electron chi connectivity index (χ4n) is 2.70. The SMILES string of the molecule is CCOC(=O)/C(Br)=C/[C@H](C)[C@H]1NC(=O)[C@@H]1[C@@H](C)O[Si](C)(C)C(C)(C)C. The molecule has 7 heteroatoms. The first-order valence-electron chi connectivity index (χ1n) is 8.84. The summed E-state index contributed by atoms with van der Waals surface area (Å²) in [4.78, 5) is 23.9. The summed E-state index contributed by atoms with van der Waals surface area (Å²) in [6, 6.07) is -0.0470. The molecule has 1 aliphatic rings. The van der Waals surface area contributed by atoms with Crippen molar-refractivity contribution in [3.8, 4) is 0 Å². The number of nitrogens with one attached hydrogen (secondary N) is 1. The van der Waals surface area contributed by atoms with E-state index < -0.39 is 8.32 Å². The highest BCUT2D eigenvalue weighted by Gasteiger charge is 2.48. The summed E-state index contributed by atoms with van der Waals surface area (Å²) in [7, 11) is -1.95. The van der Waals surface area contributed by atoms with Gasteiger partial charge in [-0.1, -0.05) is 33.8 Å². The van der Waals surface area contributed by atoms with Crippen LogP contribution < -0.4 is 5.32 Å². The van der Waals surface area contributed by atoms with Crippen molar-refractivity contribution in [1.29, 1.82) is 0 Å². The molecule has 4 atom stereocenters. The molecule has 0 aromatic heterocycles. The number of esters is 1. The summed E-state index contributed by atoms with van der Waals surface area (Å²) in [6.07, 6.45) is 1.64. The van der Waals surface area contributed by atoms with E-state index in [0.717, 1.165) is 0 Å². The lowest BCUT2D eigenvalue weighted by Gasteiger charge is -2.46. The Kier molecular flexibility index (Phi) is 7.48. The van der Waals surface area contributed by atoms with Gasteiger partial charge in [0.15, 0.2) is 8.32 Å². The lowest BCUT2D eigenvalue weighted by Crippen LogP contribution is -2.65. The monoisotopic (exact) mass is 433 g/mol. The van der Waals surface area contributed by atoms with Gasteiger partial charge < -0.3 is 14.5 Å². The maximum absolute atomic E-state index is 12.1. The largest absolute Gasteiger partial charge is 0.462 e. The molecule has 1 heterocycles. The van der Waals surface area contributed by atoms with Crippen molar-refractivity contribution in [2.45, 2.75) is 71.8 Å². The van der Waals surface area contributed by atoms with Gasteiger partial charge in [0, 0.05) is 6.04 Å². The Balaban J connectivity index is 2.82. The molecule has 1 aliphatic heterocycles. The van der Waals surface area contributed by atoms with E-state index in [4.69, 9.17) is 9.16 Å². The van der Waals surface area contributed by atoms with Crippen LogP contribution in [0.5, 0.6) is 0 Å². The minimum Gasteiger partial charge on any atom is -0.462 e. The average Bonchev–Trinajstić information content (AvgIpc) is 2.42. The number of carbonyl (C=O) groups excluding carboxylic acids is 2. The van der Waals surface area contributed by atoms with E-state index in [-0.39, 0.29) is 40.9 Å². The smallest absolute Gasteiger partial charge is 0.344 e. The molecule has 0 aromatic carbocycles. The number of halogens is 1. The molecule has 0 radical (unpaired) electrons. The Morgan fingerprint density at radius 2 is 1.92 bits per heavy atom. The van der Waals surface area contributed by atoms with Crippen LogP contribution in [-0.2, 0) is 18.8 Å². The van der Waals surface area contributed by atoms with E-state index in [1.165, 1.54) is 0 Å². The van der Waals surface area contributed by atoms with Crippen molar-refractivity contribution in [3.05, 3.63) is 10.6 Å². The number of ether oxygens (including phenoxy) is 1. The summed E-state index contributed by atoms with van der Waals surface area (Å²) in [6.45, 7) is 17.0. The number of hydrogen-bond donors (Lipinski definition) is 1. The second kappa shape index (κ2) is 8.35. The second-order valence-corrected chi connectivity index (χ2v) is 13.8. The van der Waals surface area contributed by atoms with Gasteiger partial charge in [0.25, 0.3) is 0 Å². The molecule has 0 aromatic rings. The van der Waals surface area contributed by atoms with Crippen LogP contribution >= 0.6 is 15.9 Å². The summed E-state index contributed by atoms with van der Waals surface area (Å²) >= 11 is 3.26. The van der Waals surface area contributed by atoms with Gasteiger partial charge in [0.2, 0.25) is 5.91 Å². The van der Waals surface area contributed by atoms with Crippen LogP contribution in [0.3, 0.4) is 0 Å². The molecule has 0 bridgehead atoms. The van der Waals surface area contributed by atoms with E-state index in [2.05, 4.69) is 55.1 Å². The highest BCUT2D eigenvalue weighted by Crippen LogP contribution is 2.39. The molecule has 144 valence electrons. The van der Waals surface area contributed by atoms with Gasteiger partial charge in [-0.25, -0.2) is 4.79 Å². The minimum absolute atomic E-state index is 0.00746. The Hall–Kier alpha value is -0.663. The number of amides is 1. The third-order valence-electron chi connectivity index (χ3n) is 5.24. The quantitative estimate of drug-likeness (QED) is 0.285. The first-order valence-corrected chi connectivity index (χ1v) is 12.5. The highest BCUT2D eigenvalue weighted by atomic mass is 79.9. The molecule has 1 saturated heterocycles. The molecule has 25 heavy (non-hydrogen) atoms. The first-order chi connectivity index (χ1) is 11.3. The van der Waals surface area contributed by atoms with Crippen molar-refractivity contribution >= 4 is 36.1 Å². The van der Waals surface area contributed by atoms with Gasteiger partial charge in [-0.2, -0.15) is 0 Å². The van der Waals surface area contributed by atoms with E-state index in [9.17, 15) is 9.59 Å². The summed E-state index contributed by atoms with van der Waals surface area (Å²) in [5.41, 5.74) is 0. The Bertz CT molecular complexity index is 542. The molecule has 0 spiro atoms. The molecule has 0 unspecified atom stereocenters. The second-order valence-electron chi connectivity index (χ2n) is 8.24. The Morgan fingerprint density at radius 3 is 2.36 bits per heavy atom.